The summed E-state index contributed by atoms with van der Waals surface area (Å²) >= 11 is 0. The standard InChI is InChI=1S/C58H35N3O2/c1-2-12-36(13-3-1)50-35-51(60-58(59-50)37-22-26-43(27-23-37)61-52-18-8-4-14-44(52)45-15-5-9-19-53(45)61)42-31-40(38-24-28-48-46-16-6-10-20-54(46)62-56(48)33-38)30-41(32-42)39-25-29-49-47-17-7-11-21-55(47)63-57(49)34-39/h1-35H. The Kier molecular flexibility index (Phi) is 7.84. The van der Waals surface area contributed by atoms with Crippen molar-refractivity contribution in [3.63, 3.8) is 0 Å². The zero-order chi connectivity index (χ0) is 41.4. The maximum Gasteiger partial charge on any atom is 0.160 e. The average molecular weight is 806 g/mol. The van der Waals surface area contributed by atoms with Gasteiger partial charge >= 0.3 is 0 Å². The van der Waals surface area contributed by atoms with Gasteiger partial charge in [0.2, 0.25) is 0 Å². The fourth-order valence-corrected chi connectivity index (χ4v) is 9.36. The smallest absolute Gasteiger partial charge is 0.160 e. The summed E-state index contributed by atoms with van der Waals surface area (Å²) in [7, 11) is 0. The van der Waals surface area contributed by atoms with Crippen molar-refractivity contribution in [2.75, 3.05) is 0 Å². The van der Waals surface area contributed by atoms with Gasteiger partial charge in [-0.1, -0.05) is 115 Å². The van der Waals surface area contributed by atoms with Crippen LogP contribution < -0.4 is 0 Å². The van der Waals surface area contributed by atoms with Crippen LogP contribution in [0, 0.1) is 0 Å². The van der Waals surface area contributed by atoms with Crippen LogP contribution in [0.15, 0.2) is 221 Å². The van der Waals surface area contributed by atoms with Crippen molar-refractivity contribution in [3.05, 3.63) is 212 Å². The van der Waals surface area contributed by atoms with Crippen molar-refractivity contribution >= 4 is 65.7 Å². The van der Waals surface area contributed by atoms with Gasteiger partial charge in [-0.3, -0.25) is 0 Å². The van der Waals surface area contributed by atoms with E-state index in [1.807, 2.05) is 30.3 Å². The molecule has 0 saturated heterocycles. The molecule has 0 amide bonds. The number of hydrogen-bond acceptors (Lipinski definition) is 4. The Morgan fingerprint density at radius 2 is 0.730 bits per heavy atom. The Bertz CT molecular complexity index is 3730. The molecule has 0 fully saturated rings. The van der Waals surface area contributed by atoms with Gasteiger partial charge in [0.25, 0.3) is 0 Å². The summed E-state index contributed by atoms with van der Waals surface area (Å²) in [6, 6.07) is 74.4. The molecule has 0 aliphatic rings. The zero-order valence-corrected chi connectivity index (χ0v) is 33.9. The molecular weight excluding hydrogens is 771 g/mol. The van der Waals surface area contributed by atoms with Gasteiger partial charge < -0.3 is 13.4 Å². The van der Waals surface area contributed by atoms with Gasteiger partial charge in [0.05, 0.1) is 22.4 Å². The van der Waals surface area contributed by atoms with E-state index >= 15 is 0 Å². The molecule has 13 rings (SSSR count). The number of hydrogen-bond donors (Lipinski definition) is 0. The molecule has 9 aromatic carbocycles. The fraction of sp³-hybridized carbons (Fsp3) is 0. The zero-order valence-electron chi connectivity index (χ0n) is 33.9. The van der Waals surface area contributed by atoms with E-state index in [-0.39, 0.29) is 0 Å². The molecular formula is C58H35N3O2. The van der Waals surface area contributed by atoms with E-state index in [1.165, 1.54) is 21.8 Å². The molecule has 0 spiro atoms. The fourth-order valence-electron chi connectivity index (χ4n) is 9.36. The van der Waals surface area contributed by atoms with E-state index in [2.05, 4.69) is 187 Å². The Morgan fingerprint density at radius 1 is 0.286 bits per heavy atom. The largest absolute Gasteiger partial charge is 0.456 e. The van der Waals surface area contributed by atoms with Crippen LogP contribution in [0.4, 0.5) is 0 Å². The second-order valence-corrected chi connectivity index (χ2v) is 16.2. The molecule has 4 aromatic heterocycles. The van der Waals surface area contributed by atoms with Crippen molar-refractivity contribution in [1.29, 1.82) is 0 Å². The molecule has 13 aromatic rings. The van der Waals surface area contributed by atoms with Gasteiger partial charge in [-0.15, -0.1) is 0 Å². The predicted molar refractivity (Wildman–Crippen MR) is 258 cm³/mol. The highest BCUT2D eigenvalue weighted by atomic mass is 16.3. The molecule has 0 radical (unpaired) electrons. The third-order valence-electron chi connectivity index (χ3n) is 12.4. The topological polar surface area (TPSA) is 57.0 Å². The first-order valence-electron chi connectivity index (χ1n) is 21.2. The first kappa shape index (κ1) is 35.2. The number of aromatic nitrogens is 3. The number of rotatable bonds is 6. The van der Waals surface area contributed by atoms with Crippen molar-refractivity contribution in [2.24, 2.45) is 0 Å². The maximum atomic E-state index is 6.39. The number of nitrogens with zero attached hydrogens (tertiary/aromatic N) is 3. The van der Waals surface area contributed by atoms with Crippen LogP contribution in [0.2, 0.25) is 0 Å². The lowest BCUT2D eigenvalue weighted by molar-refractivity contribution is 0.668. The van der Waals surface area contributed by atoms with Crippen LogP contribution in [-0.4, -0.2) is 14.5 Å². The molecule has 0 N–H and O–H groups in total. The van der Waals surface area contributed by atoms with Crippen LogP contribution >= 0.6 is 0 Å². The average Bonchev–Trinajstić information content (AvgIpc) is 4.03. The lowest BCUT2D eigenvalue weighted by atomic mass is 9.93. The van der Waals surface area contributed by atoms with Gasteiger partial charge in [-0.2, -0.15) is 0 Å². The van der Waals surface area contributed by atoms with Crippen molar-refractivity contribution in [1.82, 2.24) is 14.5 Å². The first-order chi connectivity index (χ1) is 31.2. The van der Waals surface area contributed by atoms with E-state index in [1.54, 1.807) is 0 Å². The molecule has 5 nitrogen and oxygen atoms in total. The minimum absolute atomic E-state index is 0.652. The molecule has 294 valence electrons. The third-order valence-corrected chi connectivity index (χ3v) is 12.4. The Hall–Kier alpha value is -8.54. The summed E-state index contributed by atoms with van der Waals surface area (Å²) in [5.41, 5.74) is 15.7. The molecule has 0 aliphatic carbocycles. The summed E-state index contributed by atoms with van der Waals surface area (Å²) in [5.74, 6) is 0.652. The van der Waals surface area contributed by atoms with Gasteiger partial charge in [-0.05, 0) is 119 Å². The SMILES string of the molecule is c1ccc(-c2cc(-c3cc(-c4ccc5c(c4)oc4ccccc45)cc(-c4ccc5c(c4)oc4ccccc45)c3)nc(-c3ccc(-n4c5ccccc5c5ccccc54)cc3)n2)cc1. The van der Waals surface area contributed by atoms with Crippen molar-refractivity contribution in [3.8, 4) is 61.8 Å². The Morgan fingerprint density at radius 3 is 1.30 bits per heavy atom. The Labute approximate surface area is 361 Å². The van der Waals surface area contributed by atoms with E-state index in [0.29, 0.717) is 5.82 Å². The summed E-state index contributed by atoms with van der Waals surface area (Å²) in [6.45, 7) is 0. The highest BCUT2D eigenvalue weighted by Crippen LogP contribution is 2.39. The highest BCUT2D eigenvalue weighted by Gasteiger charge is 2.17. The molecule has 0 saturated carbocycles. The minimum atomic E-state index is 0.652. The van der Waals surface area contributed by atoms with E-state index < -0.39 is 0 Å². The van der Waals surface area contributed by atoms with Crippen LogP contribution in [0.1, 0.15) is 0 Å². The van der Waals surface area contributed by atoms with Crippen LogP contribution in [0.5, 0.6) is 0 Å². The summed E-state index contributed by atoms with van der Waals surface area (Å²) in [6.07, 6.45) is 0. The molecule has 5 heteroatoms. The van der Waals surface area contributed by atoms with Gasteiger partial charge in [0.15, 0.2) is 5.82 Å². The number of benzene rings is 9. The molecule has 4 heterocycles. The summed E-state index contributed by atoms with van der Waals surface area (Å²) in [4.78, 5) is 10.6. The van der Waals surface area contributed by atoms with Gasteiger partial charge in [0, 0.05) is 54.7 Å². The van der Waals surface area contributed by atoms with Crippen molar-refractivity contribution in [2.45, 2.75) is 0 Å². The third kappa shape index (κ3) is 5.86. The first-order valence-corrected chi connectivity index (χ1v) is 21.2. The van der Waals surface area contributed by atoms with Gasteiger partial charge in [-0.25, -0.2) is 9.97 Å². The molecule has 63 heavy (non-hydrogen) atoms. The van der Waals surface area contributed by atoms with Crippen molar-refractivity contribution < 1.29 is 8.83 Å². The van der Waals surface area contributed by atoms with Crippen LogP contribution in [-0.2, 0) is 0 Å². The van der Waals surface area contributed by atoms with Crippen LogP contribution in [0.3, 0.4) is 0 Å². The summed E-state index contributed by atoms with van der Waals surface area (Å²) < 4.78 is 15.1. The molecule has 0 atom stereocenters. The minimum Gasteiger partial charge on any atom is -0.456 e. The van der Waals surface area contributed by atoms with E-state index in [9.17, 15) is 0 Å². The number of fused-ring (bicyclic) bond motifs is 9. The number of furan rings is 2. The molecule has 0 unspecified atom stereocenters. The van der Waals surface area contributed by atoms with Crippen LogP contribution in [0.25, 0.3) is 128 Å². The highest BCUT2D eigenvalue weighted by molar-refractivity contribution is 6.10. The van der Waals surface area contributed by atoms with E-state index in [4.69, 9.17) is 18.8 Å². The van der Waals surface area contributed by atoms with E-state index in [0.717, 1.165) is 99.9 Å². The molecule has 0 aliphatic heterocycles. The van der Waals surface area contributed by atoms with Gasteiger partial charge in [0.1, 0.15) is 22.3 Å². The predicted octanol–water partition coefficient (Wildman–Crippen LogP) is 15.7. The number of para-hydroxylation sites is 4. The molecule has 0 bridgehead atoms. The summed E-state index contributed by atoms with van der Waals surface area (Å²) in [5, 5.41) is 6.88. The second-order valence-electron chi connectivity index (χ2n) is 16.2. The monoisotopic (exact) mass is 805 g/mol. The maximum absolute atomic E-state index is 6.39. The second kappa shape index (κ2) is 14.0. The normalized spacial score (nSPS) is 11.8. The quantitative estimate of drug-likeness (QED) is 0.168. The lowest BCUT2D eigenvalue weighted by Gasteiger charge is -2.14. The Balaban J connectivity index is 0.987. The lowest BCUT2D eigenvalue weighted by Crippen LogP contribution is -1.98.